The van der Waals surface area contributed by atoms with E-state index in [1.807, 2.05) is 0 Å². The predicted molar refractivity (Wildman–Crippen MR) is 179 cm³/mol. The van der Waals surface area contributed by atoms with Crippen molar-refractivity contribution < 1.29 is 21.5 Å². The Bertz CT molecular complexity index is 1240. The fourth-order valence-electron chi connectivity index (χ4n) is 6.28. The molecule has 219 valence electrons. The molecule has 2 aliphatic rings. The number of rotatable bonds is 5. The Hall–Kier alpha value is -1.85. The van der Waals surface area contributed by atoms with Gasteiger partial charge in [0.25, 0.3) is 0 Å². The fraction of sp³-hybridized carbons (Fsp3) is 0.297. The Labute approximate surface area is 276 Å². The van der Waals surface area contributed by atoms with E-state index in [1.54, 1.807) is 7.11 Å². The molecule has 0 saturated heterocycles. The zero-order valence-corrected chi connectivity index (χ0v) is 28.8. The zero-order chi connectivity index (χ0) is 26.5. The first-order valence-corrected chi connectivity index (χ1v) is 15.3. The molecule has 4 aromatic carbocycles. The van der Waals surface area contributed by atoms with E-state index in [0.29, 0.717) is 23.7 Å². The molecule has 1 radical (unpaired) electrons. The third-order valence-electron chi connectivity index (χ3n) is 8.27. The quantitative estimate of drug-likeness (QED) is 0.187. The molecule has 0 bridgehead atoms. The molecule has 2 saturated carbocycles. The molecule has 0 aromatic heterocycles. The second-order valence-corrected chi connectivity index (χ2v) is 12.5. The van der Waals surface area contributed by atoms with E-state index in [0.717, 1.165) is 14.7 Å². The molecule has 0 aliphatic heterocycles. The molecule has 41 heavy (non-hydrogen) atoms. The van der Waals surface area contributed by atoms with Crippen molar-refractivity contribution in [1.82, 2.24) is 0 Å². The maximum absolute atomic E-state index is 5.44. The maximum Gasteiger partial charge on any atom is 2.00 e. The van der Waals surface area contributed by atoms with Crippen molar-refractivity contribution in [2.45, 2.75) is 62.7 Å². The van der Waals surface area contributed by atoms with Crippen LogP contribution in [0.15, 0.2) is 106 Å². The molecular formula is C37H42Br2CoO. The number of halogens is 2. The first-order chi connectivity index (χ1) is 18.5. The van der Waals surface area contributed by atoms with Crippen LogP contribution in [-0.4, -0.2) is 7.11 Å². The fourth-order valence-corrected chi connectivity index (χ4v) is 6.80. The Kier molecular flexibility index (Phi) is 14.4. The van der Waals surface area contributed by atoms with Crippen LogP contribution < -0.4 is 4.74 Å². The average molecular weight is 721 g/mol. The molecule has 2 atom stereocenters. The van der Waals surface area contributed by atoms with Crippen LogP contribution in [0.2, 0.25) is 0 Å². The van der Waals surface area contributed by atoms with E-state index >= 15 is 0 Å². The number of benzene rings is 4. The summed E-state index contributed by atoms with van der Waals surface area (Å²) in [6.07, 6.45) is 7.50. The summed E-state index contributed by atoms with van der Waals surface area (Å²) in [7, 11) is 1.72. The van der Waals surface area contributed by atoms with Gasteiger partial charge in [-0.25, -0.2) is 0 Å². The van der Waals surface area contributed by atoms with Gasteiger partial charge in [0, 0.05) is 8.95 Å². The molecule has 6 rings (SSSR count). The van der Waals surface area contributed by atoms with Crippen LogP contribution >= 0.6 is 31.9 Å². The summed E-state index contributed by atoms with van der Waals surface area (Å²) in [4.78, 5) is 0. The largest absolute Gasteiger partial charge is 2.00 e. The first kappa shape index (κ1) is 35.3. The maximum atomic E-state index is 5.44. The van der Waals surface area contributed by atoms with Crippen molar-refractivity contribution in [2.75, 3.05) is 7.11 Å². The minimum Gasteiger partial charge on any atom is -0.497 e. The molecule has 4 aromatic rings. The zero-order valence-electron chi connectivity index (χ0n) is 24.6. The molecule has 2 aliphatic carbocycles. The van der Waals surface area contributed by atoms with E-state index in [1.165, 1.54) is 59.9 Å². The summed E-state index contributed by atoms with van der Waals surface area (Å²) in [6.45, 7) is 2.16. The van der Waals surface area contributed by atoms with Crippen molar-refractivity contribution in [3.63, 3.8) is 0 Å². The standard InChI is InChI=1S/C30H26Br2O.C5H10.2CH3.Co/c1-19-3-5-20(6-4-19)27-28(21-7-13-24(31)14-8-21)30(23-11-17-26(33-2)18-12-23)29(27)22-9-15-25(32)16-10-22;1-2-4-5-3-1;;;/h3-18,27-30H,1-2H3;1-5H2;2*1H3;/q;;2*-1;+2. The van der Waals surface area contributed by atoms with E-state index in [4.69, 9.17) is 4.74 Å². The summed E-state index contributed by atoms with van der Waals surface area (Å²) in [6, 6.07) is 35.6. The minimum absolute atomic E-state index is 0. The van der Waals surface area contributed by atoms with E-state index in [9.17, 15) is 0 Å². The van der Waals surface area contributed by atoms with Gasteiger partial charge in [0.1, 0.15) is 5.75 Å². The molecule has 2 fully saturated rings. The van der Waals surface area contributed by atoms with Crippen molar-refractivity contribution in [2.24, 2.45) is 0 Å². The van der Waals surface area contributed by atoms with Crippen molar-refractivity contribution in [3.05, 3.63) is 149 Å². The molecular weight excluding hydrogens is 679 g/mol. The van der Waals surface area contributed by atoms with Gasteiger partial charge < -0.3 is 19.6 Å². The van der Waals surface area contributed by atoms with Gasteiger partial charge in [-0.2, -0.15) is 0 Å². The Balaban J connectivity index is 0.000000667. The second kappa shape index (κ2) is 16.7. The summed E-state index contributed by atoms with van der Waals surface area (Å²) >= 11 is 7.23. The van der Waals surface area contributed by atoms with Gasteiger partial charge in [0.05, 0.1) is 7.11 Å². The van der Waals surface area contributed by atoms with Crippen LogP contribution in [0.1, 0.15) is 83.6 Å². The van der Waals surface area contributed by atoms with Gasteiger partial charge in [0.2, 0.25) is 0 Å². The van der Waals surface area contributed by atoms with Crippen LogP contribution in [0, 0.1) is 21.8 Å². The Morgan fingerprint density at radius 2 is 0.756 bits per heavy atom. The van der Waals surface area contributed by atoms with Crippen molar-refractivity contribution >= 4 is 31.9 Å². The summed E-state index contributed by atoms with van der Waals surface area (Å²) in [5.41, 5.74) is 6.84. The van der Waals surface area contributed by atoms with Gasteiger partial charge in [0.15, 0.2) is 0 Å². The van der Waals surface area contributed by atoms with Crippen LogP contribution in [0.25, 0.3) is 0 Å². The number of aryl methyl sites for hydroxylation is 1. The van der Waals surface area contributed by atoms with Crippen molar-refractivity contribution in [1.29, 1.82) is 0 Å². The first-order valence-electron chi connectivity index (χ1n) is 13.8. The summed E-state index contributed by atoms with van der Waals surface area (Å²) < 4.78 is 7.67. The smallest absolute Gasteiger partial charge is 0.497 e. The monoisotopic (exact) mass is 719 g/mol. The van der Waals surface area contributed by atoms with Crippen LogP contribution in [-0.2, 0) is 16.8 Å². The van der Waals surface area contributed by atoms with E-state index < -0.39 is 0 Å². The van der Waals surface area contributed by atoms with Gasteiger partial charge >= 0.3 is 16.8 Å². The number of ether oxygens (including phenoxy) is 1. The summed E-state index contributed by atoms with van der Waals surface area (Å²) in [5.74, 6) is 2.46. The Morgan fingerprint density at radius 3 is 1.05 bits per heavy atom. The number of hydrogen-bond donors (Lipinski definition) is 0. The molecule has 0 N–H and O–H groups in total. The minimum atomic E-state index is 0. The predicted octanol–water partition coefficient (Wildman–Crippen LogP) is 11.8. The number of hydrogen-bond acceptors (Lipinski definition) is 1. The molecule has 4 heteroatoms. The molecule has 0 heterocycles. The summed E-state index contributed by atoms with van der Waals surface area (Å²) in [5, 5.41) is 0. The Morgan fingerprint density at radius 1 is 0.488 bits per heavy atom. The van der Waals surface area contributed by atoms with Crippen LogP contribution in [0.3, 0.4) is 0 Å². The molecule has 0 amide bonds. The third kappa shape index (κ3) is 8.37. The van der Waals surface area contributed by atoms with E-state index in [-0.39, 0.29) is 31.6 Å². The van der Waals surface area contributed by atoms with E-state index in [2.05, 4.69) is 136 Å². The molecule has 1 nitrogen and oxygen atoms in total. The van der Waals surface area contributed by atoms with Gasteiger partial charge in [-0.3, -0.25) is 0 Å². The third-order valence-corrected chi connectivity index (χ3v) is 9.33. The average Bonchev–Trinajstić information content (AvgIpc) is 3.53. The molecule has 0 spiro atoms. The van der Waals surface area contributed by atoms with Crippen LogP contribution in [0.4, 0.5) is 0 Å². The topological polar surface area (TPSA) is 9.23 Å². The second-order valence-electron chi connectivity index (χ2n) is 10.7. The van der Waals surface area contributed by atoms with Gasteiger partial charge in [-0.1, -0.05) is 130 Å². The SMILES string of the molecule is C1CCCC1.COc1ccc(C2C(c3ccc(Br)cc3)C(c3ccc(C)cc3)C2c2ccc(Br)cc2)cc1.[CH3-].[CH3-].[Co+2]. The normalized spacial score (nSPS) is 20.6. The van der Waals surface area contributed by atoms with Crippen LogP contribution in [0.5, 0.6) is 5.75 Å². The number of methoxy groups -OCH3 is 1. The van der Waals surface area contributed by atoms with Gasteiger partial charge in [-0.05, 0) is 89.2 Å². The van der Waals surface area contributed by atoms with Gasteiger partial charge in [-0.15, -0.1) is 0 Å². The van der Waals surface area contributed by atoms with Crippen molar-refractivity contribution in [3.8, 4) is 5.75 Å². The molecule has 2 unspecified atom stereocenters.